The van der Waals surface area contributed by atoms with Crippen molar-refractivity contribution in [1.82, 2.24) is 4.57 Å². The Morgan fingerprint density at radius 2 is 1.11 bits per heavy atom. The summed E-state index contributed by atoms with van der Waals surface area (Å²) in [6, 6.07) is 56.1. The Kier molecular flexibility index (Phi) is 5.57. The Balaban J connectivity index is 1.05. The quantitative estimate of drug-likeness (QED) is 0.186. The fourth-order valence-electron chi connectivity index (χ4n) is 8.23. The standard InChI is InChI=1S/C45H31NS/c1-45(2)38-15-6-3-10-33(38)35-26-27-40-42(43(35)45)37-12-4-7-16-39(37)46(40)31-24-22-29(23-25-31)28-18-20-30(21-19-28)32-13-9-14-36-34-11-5-8-17-41(34)47-44(32)36/h3-27H,1-2H3. The van der Waals surface area contributed by atoms with Crippen LogP contribution >= 0.6 is 11.3 Å². The zero-order chi connectivity index (χ0) is 31.3. The summed E-state index contributed by atoms with van der Waals surface area (Å²) in [6.45, 7) is 4.76. The maximum absolute atomic E-state index is 2.45. The van der Waals surface area contributed by atoms with E-state index in [4.69, 9.17) is 0 Å². The molecule has 1 nitrogen and oxygen atoms in total. The molecule has 7 aromatic carbocycles. The molecule has 1 aliphatic rings. The molecule has 2 heteroatoms. The van der Waals surface area contributed by atoms with Crippen molar-refractivity contribution in [1.29, 1.82) is 0 Å². The van der Waals surface area contributed by atoms with Gasteiger partial charge in [0.2, 0.25) is 0 Å². The van der Waals surface area contributed by atoms with Crippen molar-refractivity contribution in [2.24, 2.45) is 0 Å². The number of nitrogens with zero attached hydrogens (tertiary/aromatic N) is 1. The number of hydrogen-bond donors (Lipinski definition) is 0. The smallest absolute Gasteiger partial charge is 0.0544 e. The van der Waals surface area contributed by atoms with Crippen LogP contribution in [0.25, 0.3) is 81.0 Å². The van der Waals surface area contributed by atoms with Gasteiger partial charge in [-0.25, -0.2) is 0 Å². The molecule has 0 aliphatic heterocycles. The van der Waals surface area contributed by atoms with Gasteiger partial charge in [-0.2, -0.15) is 0 Å². The van der Waals surface area contributed by atoms with E-state index in [0.29, 0.717) is 0 Å². The normalized spacial score (nSPS) is 13.5. The first-order valence-electron chi connectivity index (χ1n) is 16.4. The van der Waals surface area contributed by atoms with E-state index in [0.717, 1.165) is 0 Å². The number of hydrogen-bond acceptors (Lipinski definition) is 1. The van der Waals surface area contributed by atoms with Crippen molar-refractivity contribution in [2.75, 3.05) is 0 Å². The SMILES string of the molecule is CC1(C)c2ccccc2-c2ccc3c(c21)c1ccccc1n3-c1ccc(-c2ccc(-c3cccc4c3sc3ccccc34)cc2)cc1. The van der Waals surface area contributed by atoms with Gasteiger partial charge in [0, 0.05) is 42.0 Å². The Bertz CT molecular complexity index is 2680. The summed E-state index contributed by atoms with van der Waals surface area (Å²) in [4.78, 5) is 0. The highest BCUT2D eigenvalue weighted by atomic mass is 32.1. The van der Waals surface area contributed by atoms with Crippen LogP contribution in [0.3, 0.4) is 0 Å². The van der Waals surface area contributed by atoms with E-state index < -0.39 is 0 Å². The average Bonchev–Trinajstić information content (AvgIpc) is 3.74. The Morgan fingerprint density at radius 1 is 0.468 bits per heavy atom. The van der Waals surface area contributed by atoms with Crippen LogP contribution in [0.5, 0.6) is 0 Å². The van der Waals surface area contributed by atoms with E-state index in [-0.39, 0.29) is 5.41 Å². The van der Waals surface area contributed by atoms with Crippen LogP contribution in [-0.4, -0.2) is 4.57 Å². The Hall–Kier alpha value is -5.44. The van der Waals surface area contributed by atoms with E-state index in [9.17, 15) is 0 Å². The van der Waals surface area contributed by atoms with Gasteiger partial charge >= 0.3 is 0 Å². The number of rotatable bonds is 3. The van der Waals surface area contributed by atoms with Gasteiger partial charge in [0.15, 0.2) is 0 Å². The first-order chi connectivity index (χ1) is 23.1. The number of thiophene rings is 1. The number of aromatic nitrogens is 1. The number of fused-ring (bicyclic) bond motifs is 10. The lowest BCUT2D eigenvalue weighted by molar-refractivity contribution is 0.666. The molecule has 9 aromatic rings. The van der Waals surface area contributed by atoms with Gasteiger partial charge in [-0.3, -0.25) is 0 Å². The third-order valence-electron chi connectivity index (χ3n) is 10.4. The third kappa shape index (κ3) is 3.77. The molecule has 0 atom stereocenters. The van der Waals surface area contributed by atoms with Gasteiger partial charge < -0.3 is 4.57 Å². The first-order valence-corrected chi connectivity index (χ1v) is 17.2. The van der Waals surface area contributed by atoms with Crippen molar-refractivity contribution in [2.45, 2.75) is 19.3 Å². The summed E-state index contributed by atoms with van der Waals surface area (Å²) in [5.74, 6) is 0. The molecule has 0 saturated carbocycles. The summed E-state index contributed by atoms with van der Waals surface area (Å²) >= 11 is 1.89. The predicted octanol–water partition coefficient (Wildman–Crippen LogP) is 12.8. The van der Waals surface area contributed by atoms with Crippen molar-refractivity contribution in [3.8, 4) is 39.1 Å². The first kappa shape index (κ1) is 26.7. The van der Waals surface area contributed by atoms with Crippen molar-refractivity contribution >= 4 is 53.3 Å². The Labute approximate surface area is 278 Å². The van der Waals surface area contributed by atoms with Crippen LogP contribution in [0, 0.1) is 0 Å². The molecular formula is C45H31NS. The van der Waals surface area contributed by atoms with Crippen molar-refractivity contribution in [3.63, 3.8) is 0 Å². The maximum Gasteiger partial charge on any atom is 0.0544 e. The van der Waals surface area contributed by atoms with Gasteiger partial charge in [0.25, 0.3) is 0 Å². The molecule has 10 rings (SSSR count). The minimum Gasteiger partial charge on any atom is -0.309 e. The van der Waals surface area contributed by atoms with Gasteiger partial charge in [-0.15, -0.1) is 11.3 Å². The van der Waals surface area contributed by atoms with Crippen LogP contribution in [-0.2, 0) is 5.41 Å². The lowest BCUT2D eigenvalue weighted by atomic mass is 9.80. The van der Waals surface area contributed by atoms with Crippen molar-refractivity contribution < 1.29 is 0 Å². The summed E-state index contributed by atoms with van der Waals surface area (Å²) in [5.41, 5.74) is 14.2. The van der Waals surface area contributed by atoms with E-state index in [1.807, 2.05) is 11.3 Å². The fourth-order valence-corrected chi connectivity index (χ4v) is 9.47. The largest absolute Gasteiger partial charge is 0.309 e. The summed E-state index contributed by atoms with van der Waals surface area (Å²) in [5, 5.41) is 5.36. The zero-order valence-corrected chi connectivity index (χ0v) is 27.1. The minimum absolute atomic E-state index is 0.0705. The number of benzene rings is 7. The van der Waals surface area contributed by atoms with Crippen LogP contribution in [0.1, 0.15) is 25.0 Å². The Morgan fingerprint density at radius 3 is 1.94 bits per heavy atom. The van der Waals surface area contributed by atoms with E-state index in [1.165, 1.54) is 92.2 Å². The van der Waals surface area contributed by atoms with Gasteiger partial charge in [-0.05, 0) is 74.8 Å². The summed E-state index contributed by atoms with van der Waals surface area (Å²) < 4.78 is 5.14. The van der Waals surface area contributed by atoms with Crippen LogP contribution in [0.2, 0.25) is 0 Å². The molecule has 0 unspecified atom stereocenters. The highest BCUT2D eigenvalue weighted by molar-refractivity contribution is 7.26. The van der Waals surface area contributed by atoms with E-state index in [1.54, 1.807) is 0 Å². The molecule has 0 saturated heterocycles. The second kappa shape index (κ2) is 9.78. The monoisotopic (exact) mass is 617 g/mol. The molecule has 2 heterocycles. The minimum atomic E-state index is -0.0705. The molecular weight excluding hydrogens is 587 g/mol. The predicted molar refractivity (Wildman–Crippen MR) is 202 cm³/mol. The van der Waals surface area contributed by atoms with Crippen molar-refractivity contribution in [3.05, 3.63) is 163 Å². The topological polar surface area (TPSA) is 4.93 Å². The summed E-state index contributed by atoms with van der Waals surface area (Å²) in [7, 11) is 0. The molecule has 0 N–H and O–H groups in total. The van der Waals surface area contributed by atoms with E-state index in [2.05, 4.69) is 170 Å². The molecule has 222 valence electrons. The second-order valence-electron chi connectivity index (χ2n) is 13.3. The van der Waals surface area contributed by atoms with Crippen LogP contribution < -0.4 is 0 Å². The lowest BCUT2D eigenvalue weighted by Crippen LogP contribution is -2.15. The van der Waals surface area contributed by atoms with Gasteiger partial charge in [0.05, 0.1) is 11.0 Å². The van der Waals surface area contributed by atoms with Crippen LogP contribution in [0.15, 0.2) is 152 Å². The van der Waals surface area contributed by atoms with Gasteiger partial charge in [0.1, 0.15) is 0 Å². The highest BCUT2D eigenvalue weighted by Crippen LogP contribution is 2.53. The zero-order valence-electron chi connectivity index (χ0n) is 26.3. The summed E-state index contributed by atoms with van der Waals surface area (Å²) in [6.07, 6.45) is 0. The highest BCUT2D eigenvalue weighted by Gasteiger charge is 2.37. The molecule has 0 amide bonds. The molecule has 0 radical (unpaired) electrons. The van der Waals surface area contributed by atoms with E-state index >= 15 is 0 Å². The van der Waals surface area contributed by atoms with Gasteiger partial charge in [-0.1, -0.05) is 135 Å². The molecule has 0 fully saturated rings. The van der Waals surface area contributed by atoms with Crippen LogP contribution in [0.4, 0.5) is 0 Å². The second-order valence-corrected chi connectivity index (χ2v) is 14.4. The maximum atomic E-state index is 2.45. The molecule has 0 spiro atoms. The molecule has 47 heavy (non-hydrogen) atoms. The average molecular weight is 618 g/mol. The third-order valence-corrected chi connectivity index (χ3v) is 11.6. The fraction of sp³-hybridized carbons (Fsp3) is 0.0667. The lowest BCUT2D eigenvalue weighted by Gasteiger charge is -2.22. The molecule has 0 bridgehead atoms. The number of para-hydroxylation sites is 1. The molecule has 1 aliphatic carbocycles. The molecule has 2 aromatic heterocycles.